The Morgan fingerprint density at radius 1 is 0.639 bits per heavy atom. The Morgan fingerprint density at radius 2 is 1.14 bits per heavy atom. The van der Waals surface area contributed by atoms with Crippen LogP contribution in [0.15, 0.2) is 110 Å². The molecule has 0 spiro atoms. The first-order chi connectivity index (χ1) is 34.1. The predicted octanol–water partition coefficient (Wildman–Crippen LogP) is 10.7. The van der Waals surface area contributed by atoms with E-state index in [1.807, 2.05) is 45.9 Å². The number of pyridine rings is 6. The third-order valence-corrected chi connectivity index (χ3v) is 13.3. The Morgan fingerprint density at radius 3 is 1.60 bits per heavy atom. The normalized spacial score (nSPS) is 19.3. The summed E-state index contributed by atoms with van der Waals surface area (Å²) in [5.74, 6) is 1.11. The van der Waals surface area contributed by atoms with Gasteiger partial charge < -0.3 is 29.9 Å². The molecule has 0 aliphatic carbocycles. The Labute approximate surface area is 414 Å². The second kappa shape index (κ2) is 19.4. The molecule has 5 aliphatic rings. The van der Waals surface area contributed by atoms with Gasteiger partial charge in [0, 0.05) is 62.1 Å². The van der Waals surface area contributed by atoms with Crippen LogP contribution in [0.25, 0.3) is 11.3 Å². The standard InChI is InChI=1S/C21H17F3N6O.C15H14ClN5O.C13H16F3NO2/c22-21(23,24)18-6-3-13(10-26-18)16-4-5-17-19(28-16)30(15-7-9-29(17)12-15)20(31)27-14-2-1-8-25-11-14;16-13-4-3-12-14(19-13)21(11-5-7-20(12)9-11)15(22)18-10-2-1-6-17-8-10;1-11(2)12(3,4)19-10(18-11)8-5-6-9(17-7-8)13(14,15)16/h1-6,8,10-11,15H,7,9,12H2,(H,27,31);1-4,6,8,11H,5,7,9H2,(H,18,22);5-7,10H,1-4H3/t15-;11-;/m00./s1. The monoisotopic (exact) mass is 1020 g/mol. The zero-order chi connectivity index (χ0) is 51.2. The van der Waals surface area contributed by atoms with E-state index in [2.05, 4.69) is 50.3 Å². The fraction of sp³-hybridized carbons (Fsp3) is 0.347. The number of nitrogens with zero attached hydrogens (tertiary/aromatic N) is 10. The van der Waals surface area contributed by atoms with E-state index >= 15 is 0 Å². The molecule has 4 amide bonds. The molecule has 4 bridgehead atoms. The largest absolute Gasteiger partial charge is 0.433 e. The van der Waals surface area contributed by atoms with Gasteiger partial charge in [0.05, 0.1) is 64.1 Å². The van der Waals surface area contributed by atoms with E-state index in [1.165, 1.54) is 12.1 Å². The number of alkyl halides is 6. The Bertz CT molecular complexity index is 2900. The molecule has 23 heteroatoms. The first-order valence-electron chi connectivity index (χ1n) is 22.8. The van der Waals surface area contributed by atoms with Crippen LogP contribution in [-0.2, 0) is 21.8 Å². The maximum Gasteiger partial charge on any atom is 0.433 e. The third kappa shape index (κ3) is 10.4. The molecule has 5 aliphatic heterocycles. The van der Waals surface area contributed by atoms with Gasteiger partial charge in [-0.3, -0.25) is 29.7 Å². The van der Waals surface area contributed by atoms with Crippen molar-refractivity contribution in [3.63, 3.8) is 0 Å². The highest BCUT2D eigenvalue weighted by Crippen LogP contribution is 2.45. The average Bonchev–Trinajstić information content (AvgIpc) is 4.02. The zero-order valence-corrected chi connectivity index (χ0v) is 39.9. The van der Waals surface area contributed by atoms with Crippen LogP contribution in [0.2, 0.25) is 5.15 Å². The molecule has 0 saturated carbocycles. The summed E-state index contributed by atoms with van der Waals surface area (Å²) in [6.45, 7) is 10.8. The van der Waals surface area contributed by atoms with Crippen molar-refractivity contribution in [3.8, 4) is 11.3 Å². The van der Waals surface area contributed by atoms with Gasteiger partial charge in [0.25, 0.3) is 0 Å². The molecule has 376 valence electrons. The van der Waals surface area contributed by atoms with Gasteiger partial charge in [-0.25, -0.2) is 19.6 Å². The lowest BCUT2D eigenvalue weighted by atomic mass is 9.90. The van der Waals surface area contributed by atoms with Crippen molar-refractivity contribution < 1.29 is 45.4 Å². The Kier molecular flexibility index (Phi) is 13.4. The summed E-state index contributed by atoms with van der Waals surface area (Å²) in [5.41, 5.74) is 1.43. The van der Waals surface area contributed by atoms with Crippen LogP contribution < -0.4 is 30.2 Å². The molecular formula is C49H47ClF6N12O4. The molecule has 72 heavy (non-hydrogen) atoms. The zero-order valence-electron chi connectivity index (χ0n) is 39.1. The molecular weight excluding hydrogens is 970 g/mol. The van der Waals surface area contributed by atoms with Crippen molar-refractivity contribution >= 4 is 58.0 Å². The van der Waals surface area contributed by atoms with E-state index in [9.17, 15) is 35.9 Å². The minimum Gasteiger partial charge on any atom is -0.366 e. The quantitative estimate of drug-likeness (QED) is 0.127. The second-order valence-electron chi connectivity index (χ2n) is 18.4. The third-order valence-electron chi connectivity index (χ3n) is 13.1. The summed E-state index contributed by atoms with van der Waals surface area (Å²) in [4.78, 5) is 57.5. The number of anilines is 6. The molecule has 0 unspecified atom stereocenters. The van der Waals surface area contributed by atoms with Gasteiger partial charge in [0.15, 0.2) is 17.9 Å². The van der Waals surface area contributed by atoms with Gasteiger partial charge in [-0.15, -0.1) is 0 Å². The number of amides is 4. The van der Waals surface area contributed by atoms with E-state index < -0.39 is 41.2 Å². The van der Waals surface area contributed by atoms with E-state index in [0.29, 0.717) is 51.5 Å². The minimum absolute atomic E-state index is 0.0438. The Balaban J connectivity index is 0.000000138. The van der Waals surface area contributed by atoms with Gasteiger partial charge >= 0.3 is 24.4 Å². The van der Waals surface area contributed by atoms with Crippen LogP contribution in [0.4, 0.5) is 70.3 Å². The number of halogens is 7. The molecule has 0 radical (unpaired) electrons. The van der Waals surface area contributed by atoms with Crippen molar-refractivity contribution in [2.24, 2.45) is 0 Å². The second-order valence-corrected chi connectivity index (χ2v) is 18.8. The lowest BCUT2D eigenvalue weighted by Crippen LogP contribution is -2.48. The van der Waals surface area contributed by atoms with Crippen molar-refractivity contribution in [3.05, 3.63) is 132 Å². The van der Waals surface area contributed by atoms with Crippen LogP contribution in [0.3, 0.4) is 0 Å². The molecule has 11 rings (SSSR count). The summed E-state index contributed by atoms with van der Waals surface area (Å²) >= 11 is 6.02. The number of ether oxygens (including phenoxy) is 2. The molecule has 0 aromatic carbocycles. The summed E-state index contributed by atoms with van der Waals surface area (Å²) < 4.78 is 87.2. The van der Waals surface area contributed by atoms with E-state index in [4.69, 9.17) is 21.1 Å². The first kappa shape index (κ1) is 49.8. The van der Waals surface area contributed by atoms with Crippen LogP contribution in [0.1, 0.15) is 63.8 Å². The number of rotatable bonds is 4. The van der Waals surface area contributed by atoms with Crippen LogP contribution in [-0.4, -0.2) is 91.4 Å². The summed E-state index contributed by atoms with van der Waals surface area (Å²) in [6.07, 6.45) is 0.845. The molecule has 16 nitrogen and oxygen atoms in total. The predicted molar refractivity (Wildman–Crippen MR) is 257 cm³/mol. The highest BCUT2D eigenvalue weighted by molar-refractivity contribution is 6.29. The van der Waals surface area contributed by atoms with Gasteiger partial charge in [-0.1, -0.05) is 17.7 Å². The van der Waals surface area contributed by atoms with Crippen LogP contribution in [0, 0.1) is 0 Å². The lowest BCUT2D eigenvalue weighted by Gasteiger charge is -2.35. The number of fused-ring (bicyclic) bond motifs is 8. The van der Waals surface area contributed by atoms with Crippen molar-refractivity contribution in [2.45, 2.75) is 82.5 Å². The summed E-state index contributed by atoms with van der Waals surface area (Å²) in [7, 11) is 0. The van der Waals surface area contributed by atoms with E-state index in [0.717, 1.165) is 68.4 Å². The number of nitrogens with one attached hydrogen (secondary N) is 2. The number of urea groups is 2. The van der Waals surface area contributed by atoms with Crippen LogP contribution in [0.5, 0.6) is 0 Å². The average molecular weight is 1020 g/mol. The molecule has 3 saturated heterocycles. The summed E-state index contributed by atoms with van der Waals surface area (Å²) in [6, 6.07) is 18.4. The fourth-order valence-corrected chi connectivity index (χ4v) is 8.87. The number of aromatic nitrogens is 6. The van der Waals surface area contributed by atoms with Gasteiger partial charge in [-0.2, -0.15) is 26.3 Å². The highest BCUT2D eigenvalue weighted by atomic mass is 35.5. The first-order valence-corrected chi connectivity index (χ1v) is 23.1. The lowest BCUT2D eigenvalue weighted by molar-refractivity contribution is -0.142. The maximum atomic E-state index is 13.1. The van der Waals surface area contributed by atoms with E-state index in [1.54, 1.807) is 64.9 Å². The maximum absolute atomic E-state index is 13.1. The number of hydrogen-bond acceptors (Lipinski definition) is 12. The van der Waals surface area contributed by atoms with Crippen molar-refractivity contribution in [1.82, 2.24) is 29.9 Å². The van der Waals surface area contributed by atoms with Gasteiger partial charge in [-0.05, 0) is 107 Å². The van der Waals surface area contributed by atoms with Gasteiger partial charge in [0.1, 0.15) is 16.5 Å². The highest BCUT2D eigenvalue weighted by Gasteiger charge is 2.50. The Hall–Kier alpha value is -7.17. The topological polar surface area (TPSA) is 167 Å². The molecule has 2 atom stereocenters. The van der Waals surface area contributed by atoms with Crippen LogP contribution >= 0.6 is 11.6 Å². The smallest absolute Gasteiger partial charge is 0.366 e. The molecule has 6 aromatic heterocycles. The number of carbonyl (C=O) groups is 2. The minimum atomic E-state index is -4.50. The number of carbonyl (C=O) groups excluding carboxylic acids is 2. The van der Waals surface area contributed by atoms with Gasteiger partial charge in [0.2, 0.25) is 0 Å². The molecule has 6 aromatic rings. The molecule has 11 heterocycles. The summed E-state index contributed by atoms with van der Waals surface area (Å²) in [5, 5.41) is 6.11. The molecule has 3 fully saturated rings. The van der Waals surface area contributed by atoms with E-state index in [-0.39, 0.29) is 24.1 Å². The van der Waals surface area contributed by atoms with Crippen molar-refractivity contribution in [1.29, 1.82) is 0 Å². The van der Waals surface area contributed by atoms with Crippen molar-refractivity contribution in [2.75, 3.05) is 56.4 Å². The number of hydrogen-bond donors (Lipinski definition) is 2. The molecule has 2 N–H and O–H groups in total. The SMILES string of the molecule is CC1(C)OC(c2ccc(C(F)(F)F)nc2)OC1(C)C.O=C(Nc1cccnc1)N1c2nc(-c3ccc(C(F)(F)F)nc3)ccc2N2CC[C@H]1C2.O=C(Nc1cccnc1)N1c2nc(Cl)ccc2N2CC[C@H]1C2. The fourth-order valence-electron chi connectivity index (χ4n) is 8.73.